The summed E-state index contributed by atoms with van der Waals surface area (Å²) in [6.07, 6.45) is -0.945. The minimum absolute atomic E-state index is 0. The second kappa shape index (κ2) is 9.82. The summed E-state index contributed by atoms with van der Waals surface area (Å²) in [5, 5.41) is -0.378. The second-order valence-electron chi connectivity index (χ2n) is 6.09. The number of hydrogen-bond acceptors (Lipinski definition) is 6. The van der Waals surface area contributed by atoms with Crippen molar-refractivity contribution in [2.24, 2.45) is 5.73 Å². The Bertz CT molecular complexity index is 831. The maximum atomic E-state index is 13.3. The highest BCUT2D eigenvalue weighted by molar-refractivity contribution is 7.99. The van der Waals surface area contributed by atoms with Crippen molar-refractivity contribution in [3.63, 3.8) is 0 Å². The fourth-order valence-electron chi connectivity index (χ4n) is 3.07. The fourth-order valence-corrected chi connectivity index (χ4v) is 4.39. The van der Waals surface area contributed by atoms with Gasteiger partial charge >= 0.3 is 5.97 Å². The van der Waals surface area contributed by atoms with Gasteiger partial charge in [0.15, 0.2) is 6.10 Å². The van der Waals surface area contributed by atoms with Crippen LogP contribution in [0.25, 0.3) is 0 Å². The molecule has 0 saturated carbocycles. The van der Waals surface area contributed by atoms with Crippen LogP contribution in [0.3, 0.4) is 0 Å². The lowest BCUT2D eigenvalue weighted by Gasteiger charge is -2.27. The van der Waals surface area contributed by atoms with E-state index in [2.05, 4.69) is 0 Å². The SMILES string of the molecule is COc1ccc([C@@H]2Sc3ccccc3N(CCN)C(=O)[C@@H]2OC(C)=O)cc1.Cl. The summed E-state index contributed by atoms with van der Waals surface area (Å²) in [4.78, 5) is 27.6. The van der Waals surface area contributed by atoms with Gasteiger partial charge in [-0.05, 0) is 29.8 Å². The van der Waals surface area contributed by atoms with Crippen LogP contribution >= 0.6 is 24.2 Å². The molecule has 2 aromatic carbocycles. The Morgan fingerprint density at radius 2 is 1.86 bits per heavy atom. The van der Waals surface area contributed by atoms with Gasteiger partial charge < -0.3 is 20.1 Å². The number of esters is 1. The van der Waals surface area contributed by atoms with E-state index in [4.69, 9.17) is 15.2 Å². The second-order valence-corrected chi connectivity index (χ2v) is 7.27. The van der Waals surface area contributed by atoms with E-state index >= 15 is 0 Å². The van der Waals surface area contributed by atoms with Crippen molar-refractivity contribution in [3.8, 4) is 5.75 Å². The topological polar surface area (TPSA) is 81.9 Å². The van der Waals surface area contributed by atoms with Gasteiger partial charge in [-0.1, -0.05) is 24.3 Å². The molecular formula is C20H23ClN2O4S. The van der Waals surface area contributed by atoms with E-state index in [1.807, 2.05) is 48.5 Å². The van der Waals surface area contributed by atoms with E-state index in [-0.39, 0.29) is 23.6 Å². The number of amides is 1. The smallest absolute Gasteiger partial charge is 0.303 e. The minimum Gasteiger partial charge on any atom is -0.497 e. The molecule has 3 rings (SSSR count). The number of ether oxygens (including phenoxy) is 2. The van der Waals surface area contributed by atoms with E-state index in [1.54, 1.807) is 12.0 Å². The quantitative estimate of drug-likeness (QED) is 0.745. The predicted molar refractivity (Wildman–Crippen MR) is 112 cm³/mol. The van der Waals surface area contributed by atoms with Crippen LogP contribution in [0.2, 0.25) is 0 Å². The van der Waals surface area contributed by atoms with Crippen LogP contribution < -0.4 is 15.4 Å². The third-order valence-corrected chi connectivity index (χ3v) is 5.66. The summed E-state index contributed by atoms with van der Waals surface area (Å²) in [6.45, 7) is 1.97. The molecule has 1 aliphatic heterocycles. The van der Waals surface area contributed by atoms with Gasteiger partial charge in [-0.2, -0.15) is 0 Å². The van der Waals surface area contributed by atoms with E-state index < -0.39 is 12.1 Å². The van der Waals surface area contributed by atoms with Crippen molar-refractivity contribution >= 4 is 41.7 Å². The molecule has 28 heavy (non-hydrogen) atoms. The van der Waals surface area contributed by atoms with Crippen molar-refractivity contribution in [1.29, 1.82) is 0 Å². The van der Waals surface area contributed by atoms with Crippen LogP contribution in [-0.4, -0.2) is 38.2 Å². The number of rotatable bonds is 5. The Hall–Kier alpha value is -2.22. The van der Waals surface area contributed by atoms with Crippen molar-refractivity contribution < 1.29 is 19.1 Å². The molecule has 0 aromatic heterocycles. The van der Waals surface area contributed by atoms with Gasteiger partial charge in [-0.15, -0.1) is 24.2 Å². The summed E-state index contributed by atoms with van der Waals surface area (Å²) in [7, 11) is 1.60. The number of thioether (sulfide) groups is 1. The molecular weight excluding hydrogens is 400 g/mol. The first-order chi connectivity index (χ1) is 13.0. The number of fused-ring (bicyclic) bond motifs is 1. The van der Waals surface area contributed by atoms with Crippen LogP contribution in [0.4, 0.5) is 5.69 Å². The molecule has 2 N–H and O–H groups in total. The summed E-state index contributed by atoms with van der Waals surface area (Å²) < 4.78 is 10.7. The summed E-state index contributed by atoms with van der Waals surface area (Å²) in [5.41, 5.74) is 7.39. The van der Waals surface area contributed by atoms with Crippen molar-refractivity contribution in [1.82, 2.24) is 0 Å². The largest absolute Gasteiger partial charge is 0.497 e. The molecule has 0 bridgehead atoms. The number of para-hydroxylation sites is 1. The molecule has 0 aliphatic carbocycles. The lowest BCUT2D eigenvalue weighted by Crippen LogP contribution is -2.44. The highest BCUT2D eigenvalue weighted by Gasteiger charge is 2.40. The van der Waals surface area contributed by atoms with E-state index in [1.165, 1.54) is 18.7 Å². The third-order valence-electron chi connectivity index (χ3n) is 4.28. The molecule has 2 aromatic rings. The van der Waals surface area contributed by atoms with Crippen LogP contribution in [0.1, 0.15) is 17.7 Å². The monoisotopic (exact) mass is 422 g/mol. The van der Waals surface area contributed by atoms with E-state index in [9.17, 15) is 9.59 Å². The Kier molecular flexibility index (Phi) is 7.74. The first-order valence-electron chi connectivity index (χ1n) is 8.63. The van der Waals surface area contributed by atoms with Gasteiger partial charge in [0, 0.05) is 24.9 Å². The molecule has 0 spiro atoms. The number of carbonyl (C=O) groups excluding carboxylic acids is 2. The average Bonchev–Trinajstić information content (AvgIpc) is 2.78. The Morgan fingerprint density at radius 3 is 2.46 bits per heavy atom. The number of benzene rings is 2. The predicted octanol–water partition coefficient (Wildman–Crippen LogP) is 3.19. The van der Waals surface area contributed by atoms with Crippen molar-refractivity contribution in [3.05, 3.63) is 54.1 Å². The number of methoxy groups -OCH3 is 1. The Labute approximate surface area is 174 Å². The molecule has 0 radical (unpaired) electrons. The number of nitrogens with zero attached hydrogens (tertiary/aromatic N) is 1. The zero-order chi connectivity index (χ0) is 19.4. The van der Waals surface area contributed by atoms with Crippen LogP contribution in [0, 0.1) is 0 Å². The van der Waals surface area contributed by atoms with Gasteiger partial charge in [0.1, 0.15) is 5.75 Å². The number of carbonyl (C=O) groups is 2. The molecule has 1 amide bonds. The van der Waals surface area contributed by atoms with Crippen molar-refractivity contribution in [2.45, 2.75) is 23.2 Å². The lowest BCUT2D eigenvalue weighted by atomic mass is 10.1. The highest BCUT2D eigenvalue weighted by Crippen LogP contribution is 2.46. The maximum absolute atomic E-state index is 13.3. The Balaban J connectivity index is 0.00000280. The summed E-state index contributed by atoms with van der Waals surface area (Å²) >= 11 is 1.51. The first-order valence-corrected chi connectivity index (χ1v) is 9.51. The summed E-state index contributed by atoms with van der Waals surface area (Å²) in [5.74, 6) is -0.0436. The molecule has 8 heteroatoms. The number of nitrogens with two attached hydrogens (primary N) is 1. The third kappa shape index (κ3) is 4.60. The van der Waals surface area contributed by atoms with Crippen LogP contribution in [0.5, 0.6) is 5.75 Å². The molecule has 0 unspecified atom stereocenters. The van der Waals surface area contributed by atoms with Gasteiger partial charge in [0.25, 0.3) is 5.91 Å². The van der Waals surface area contributed by atoms with Gasteiger partial charge in [0.2, 0.25) is 0 Å². The Morgan fingerprint density at radius 1 is 1.18 bits per heavy atom. The maximum Gasteiger partial charge on any atom is 0.303 e. The number of halogens is 1. The fraction of sp³-hybridized carbons (Fsp3) is 0.300. The van der Waals surface area contributed by atoms with Crippen LogP contribution in [0.15, 0.2) is 53.4 Å². The van der Waals surface area contributed by atoms with Gasteiger partial charge in [-0.3, -0.25) is 9.59 Å². The number of anilines is 1. The molecule has 0 saturated heterocycles. The zero-order valence-electron chi connectivity index (χ0n) is 15.7. The molecule has 150 valence electrons. The molecule has 2 atom stereocenters. The standard InChI is InChI=1S/C20H22N2O4S.ClH/c1-13(23)26-18-19(14-7-9-15(25-2)10-8-14)27-17-6-4-3-5-16(17)22(12-11-21)20(18)24;/h3-10,18-19H,11-12,21H2,1-2H3;1H/t18-,19+;/m1./s1. The van der Waals surface area contributed by atoms with E-state index in [0.717, 1.165) is 21.9 Å². The van der Waals surface area contributed by atoms with Crippen LogP contribution in [-0.2, 0) is 14.3 Å². The first kappa shape index (κ1) is 22.1. The molecule has 1 heterocycles. The molecule has 1 aliphatic rings. The zero-order valence-corrected chi connectivity index (χ0v) is 17.3. The highest BCUT2D eigenvalue weighted by atomic mass is 35.5. The average molecular weight is 423 g/mol. The normalized spacial score (nSPS) is 18.5. The van der Waals surface area contributed by atoms with Crippen molar-refractivity contribution in [2.75, 3.05) is 25.1 Å². The molecule has 0 fully saturated rings. The van der Waals surface area contributed by atoms with Gasteiger partial charge in [0.05, 0.1) is 18.0 Å². The minimum atomic E-state index is -0.945. The summed E-state index contributed by atoms with van der Waals surface area (Å²) in [6, 6.07) is 15.1. The lowest BCUT2D eigenvalue weighted by molar-refractivity contribution is -0.152. The van der Waals surface area contributed by atoms with Gasteiger partial charge in [-0.25, -0.2) is 0 Å². The molecule has 6 nitrogen and oxygen atoms in total. The number of hydrogen-bond donors (Lipinski definition) is 1. The van der Waals surface area contributed by atoms with E-state index in [0.29, 0.717) is 13.1 Å².